The van der Waals surface area contributed by atoms with Gasteiger partial charge in [0.2, 0.25) is 5.91 Å². The maximum Gasteiger partial charge on any atom is 0.233 e. The predicted molar refractivity (Wildman–Crippen MR) is 92.9 cm³/mol. The third kappa shape index (κ3) is 3.80. The molecule has 1 aliphatic rings. The molecular weight excluding hydrogens is 302 g/mol. The van der Waals surface area contributed by atoms with Crippen LogP contribution < -0.4 is 5.32 Å². The van der Waals surface area contributed by atoms with Crippen molar-refractivity contribution in [3.8, 4) is 0 Å². The Bertz CT molecular complexity index is 699. The van der Waals surface area contributed by atoms with Crippen LogP contribution in [0, 0.1) is 0 Å². The molecule has 1 fully saturated rings. The van der Waals surface area contributed by atoms with Crippen LogP contribution in [0.4, 0.5) is 5.82 Å². The molecule has 0 aromatic carbocycles. The highest BCUT2D eigenvalue weighted by molar-refractivity contribution is 5.90. The minimum absolute atomic E-state index is 0.123. The van der Waals surface area contributed by atoms with Crippen molar-refractivity contribution in [2.75, 3.05) is 5.32 Å². The van der Waals surface area contributed by atoms with E-state index in [1.807, 2.05) is 33.2 Å². The van der Waals surface area contributed by atoms with Crippen molar-refractivity contribution in [2.24, 2.45) is 7.05 Å². The Morgan fingerprint density at radius 3 is 2.67 bits per heavy atom. The van der Waals surface area contributed by atoms with Crippen LogP contribution in [-0.2, 0) is 18.3 Å². The molecule has 6 nitrogen and oxygen atoms in total. The summed E-state index contributed by atoms with van der Waals surface area (Å²) in [7, 11) is 1.82. The average Bonchev–Trinajstić information content (AvgIpc) is 3.19. The van der Waals surface area contributed by atoms with Crippen LogP contribution in [0.1, 0.15) is 68.6 Å². The van der Waals surface area contributed by atoms with Crippen molar-refractivity contribution in [1.29, 1.82) is 0 Å². The Kier molecular flexibility index (Phi) is 4.92. The number of aryl methyl sites for hydroxylation is 1. The summed E-state index contributed by atoms with van der Waals surface area (Å²) in [5.41, 5.74) is 1.28. The summed E-state index contributed by atoms with van der Waals surface area (Å²) in [5.74, 6) is 2.78. The van der Waals surface area contributed by atoms with Gasteiger partial charge in [0.1, 0.15) is 11.6 Å². The van der Waals surface area contributed by atoms with Gasteiger partial charge in [-0.15, -0.1) is 0 Å². The van der Waals surface area contributed by atoms with Gasteiger partial charge in [0, 0.05) is 19.2 Å². The number of aromatic nitrogens is 4. The smallest absolute Gasteiger partial charge is 0.233 e. The zero-order valence-corrected chi connectivity index (χ0v) is 14.6. The second kappa shape index (κ2) is 7.11. The molecule has 128 valence electrons. The summed E-state index contributed by atoms with van der Waals surface area (Å²) in [6.45, 7) is 4.07. The molecule has 2 aromatic heterocycles. The van der Waals surface area contributed by atoms with Crippen molar-refractivity contribution in [2.45, 2.75) is 57.8 Å². The summed E-state index contributed by atoms with van der Waals surface area (Å²) in [5, 5.41) is 7.18. The lowest BCUT2D eigenvalue weighted by molar-refractivity contribution is -0.115. The minimum Gasteiger partial charge on any atom is -0.310 e. The molecule has 0 aliphatic heterocycles. The first-order valence-electron chi connectivity index (χ1n) is 8.68. The Morgan fingerprint density at radius 1 is 1.33 bits per heavy atom. The van der Waals surface area contributed by atoms with Gasteiger partial charge in [-0.2, -0.15) is 5.10 Å². The van der Waals surface area contributed by atoms with Gasteiger partial charge in [0.25, 0.3) is 0 Å². The summed E-state index contributed by atoms with van der Waals surface area (Å²) < 4.78 is 1.67. The van der Waals surface area contributed by atoms with Crippen LogP contribution in [0.25, 0.3) is 0 Å². The Labute approximate surface area is 142 Å². The van der Waals surface area contributed by atoms with E-state index < -0.39 is 0 Å². The van der Waals surface area contributed by atoms with E-state index in [2.05, 4.69) is 26.4 Å². The van der Waals surface area contributed by atoms with Crippen LogP contribution in [0.15, 0.2) is 18.3 Å². The molecular formula is C18H25N5O. The fraction of sp³-hybridized carbons (Fsp3) is 0.556. The zero-order chi connectivity index (χ0) is 17.1. The van der Waals surface area contributed by atoms with Gasteiger partial charge in [-0.25, -0.2) is 9.97 Å². The number of nitrogens with one attached hydrogen (secondary N) is 1. The first-order chi connectivity index (χ1) is 11.5. The second-order valence-corrected chi connectivity index (χ2v) is 6.85. The zero-order valence-electron chi connectivity index (χ0n) is 14.6. The lowest BCUT2D eigenvalue weighted by Gasteiger charge is -2.10. The molecule has 0 unspecified atom stereocenters. The van der Waals surface area contributed by atoms with Crippen LogP contribution in [0.5, 0.6) is 0 Å². The number of carbonyl (C=O) groups excluding carboxylic acids is 1. The lowest BCUT2D eigenvalue weighted by atomic mass is 10.00. The Balaban J connectivity index is 1.60. The molecule has 0 saturated heterocycles. The number of hydrogen-bond acceptors (Lipinski definition) is 4. The number of anilines is 1. The first-order valence-corrected chi connectivity index (χ1v) is 8.68. The minimum atomic E-state index is -0.123. The van der Waals surface area contributed by atoms with Crippen LogP contribution in [-0.4, -0.2) is 25.7 Å². The fourth-order valence-electron chi connectivity index (χ4n) is 3.15. The number of amides is 1. The van der Waals surface area contributed by atoms with Gasteiger partial charge in [-0.3, -0.25) is 9.48 Å². The molecule has 24 heavy (non-hydrogen) atoms. The van der Waals surface area contributed by atoms with Crippen molar-refractivity contribution in [3.63, 3.8) is 0 Å². The molecule has 1 N–H and O–H groups in total. The van der Waals surface area contributed by atoms with Crippen LogP contribution in [0.3, 0.4) is 0 Å². The van der Waals surface area contributed by atoms with E-state index in [4.69, 9.17) is 0 Å². The molecule has 1 amide bonds. The summed E-state index contributed by atoms with van der Waals surface area (Å²) in [6.07, 6.45) is 7.20. The fourth-order valence-corrected chi connectivity index (χ4v) is 3.15. The molecule has 0 atom stereocenters. The molecule has 2 aromatic rings. The number of hydrogen-bond donors (Lipinski definition) is 1. The predicted octanol–water partition coefficient (Wildman–Crippen LogP) is 3.17. The monoisotopic (exact) mass is 327 g/mol. The van der Waals surface area contributed by atoms with E-state index in [1.165, 1.54) is 31.2 Å². The molecule has 0 spiro atoms. The summed E-state index contributed by atoms with van der Waals surface area (Å²) >= 11 is 0. The van der Waals surface area contributed by atoms with E-state index in [0.717, 1.165) is 5.82 Å². The molecule has 6 heteroatoms. The first kappa shape index (κ1) is 16.6. The molecule has 3 rings (SSSR count). The SMILES string of the molecule is CC(C)c1nc(CC(=O)Nc2ccc(C3CCCC3)cn2)n(C)n1. The van der Waals surface area contributed by atoms with Crippen molar-refractivity contribution < 1.29 is 4.79 Å². The maximum atomic E-state index is 12.2. The Hall–Kier alpha value is -2.24. The highest BCUT2D eigenvalue weighted by Gasteiger charge is 2.18. The third-order valence-corrected chi connectivity index (χ3v) is 4.59. The highest BCUT2D eigenvalue weighted by Crippen LogP contribution is 2.33. The lowest BCUT2D eigenvalue weighted by Crippen LogP contribution is -2.17. The standard InChI is InChI=1S/C18H25N5O/c1-12(2)18-21-16(23(3)22-18)10-17(24)20-15-9-8-14(11-19-15)13-6-4-5-7-13/h8-9,11-13H,4-7,10H2,1-3H3,(H,19,20,24). The second-order valence-electron chi connectivity index (χ2n) is 6.85. The molecule has 0 radical (unpaired) electrons. The summed E-state index contributed by atoms with van der Waals surface area (Å²) in [6, 6.07) is 3.97. The number of rotatable bonds is 5. The van der Waals surface area contributed by atoms with Crippen molar-refractivity contribution in [3.05, 3.63) is 35.5 Å². The quantitative estimate of drug-likeness (QED) is 0.915. The number of carbonyl (C=O) groups is 1. The molecule has 2 heterocycles. The van der Waals surface area contributed by atoms with Gasteiger partial charge in [0.05, 0.1) is 6.42 Å². The number of pyridine rings is 1. The van der Waals surface area contributed by atoms with E-state index in [9.17, 15) is 4.79 Å². The topological polar surface area (TPSA) is 72.7 Å². The Morgan fingerprint density at radius 2 is 2.08 bits per heavy atom. The third-order valence-electron chi connectivity index (χ3n) is 4.59. The van der Waals surface area contributed by atoms with E-state index in [1.54, 1.807) is 4.68 Å². The normalized spacial score (nSPS) is 15.2. The van der Waals surface area contributed by atoms with Gasteiger partial charge in [-0.05, 0) is 30.4 Å². The van der Waals surface area contributed by atoms with Gasteiger partial charge < -0.3 is 5.32 Å². The van der Waals surface area contributed by atoms with Crippen LogP contribution >= 0.6 is 0 Å². The van der Waals surface area contributed by atoms with Crippen molar-refractivity contribution >= 4 is 11.7 Å². The van der Waals surface area contributed by atoms with E-state index in [0.29, 0.717) is 17.6 Å². The molecule has 1 saturated carbocycles. The average molecular weight is 327 g/mol. The van der Waals surface area contributed by atoms with Gasteiger partial charge in [0.15, 0.2) is 5.82 Å². The maximum absolute atomic E-state index is 12.2. The summed E-state index contributed by atoms with van der Waals surface area (Å²) in [4.78, 5) is 21.0. The van der Waals surface area contributed by atoms with E-state index >= 15 is 0 Å². The van der Waals surface area contributed by atoms with Gasteiger partial charge in [-0.1, -0.05) is 32.8 Å². The van der Waals surface area contributed by atoms with E-state index in [-0.39, 0.29) is 18.2 Å². The van der Waals surface area contributed by atoms with Crippen LogP contribution in [0.2, 0.25) is 0 Å². The largest absolute Gasteiger partial charge is 0.310 e. The number of nitrogens with zero attached hydrogens (tertiary/aromatic N) is 4. The van der Waals surface area contributed by atoms with Crippen molar-refractivity contribution in [1.82, 2.24) is 19.7 Å². The molecule has 1 aliphatic carbocycles. The highest BCUT2D eigenvalue weighted by atomic mass is 16.1. The van der Waals surface area contributed by atoms with Gasteiger partial charge >= 0.3 is 0 Å². The molecule has 0 bridgehead atoms.